The maximum absolute atomic E-state index is 6.12. The SMILES string of the molecule is COc1c(Cl)cc(Cl)cc1CNCC1CCNCC1.Cl.Cl. The molecular weight excluding hydrogens is 354 g/mol. The molecule has 0 radical (unpaired) electrons. The molecule has 7 heteroatoms. The van der Waals surface area contributed by atoms with Crippen LogP contribution in [0.4, 0.5) is 0 Å². The fraction of sp³-hybridized carbons (Fsp3) is 0.571. The van der Waals surface area contributed by atoms with Crippen LogP contribution in [0.1, 0.15) is 18.4 Å². The number of hydrogen-bond acceptors (Lipinski definition) is 3. The molecule has 0 spiro atoms. The highest BCUT2D eigenvalue weighted by Crippen LogP contribution is 2.32. The molecule has 1 aromatic rings. The minimum absolute atomic E-state index is 0. The molecule has 0 saturated carbocycles. The van der Waals surface area contributed by atoms with Crippen LogP contribution in [0.5, 0.6) is 5.75 Å². The lowest BCUT2D eigenvalue weighted by Crippen LogP contribution is -2.33. The van der Waals surface area contributed by atoms with Crippen molar-refractivity contribution in [1.82, 2.24) is 10.6 Å². The molecule has 0 aliphatic carbocycles. The predicted molar refractivity (Wildman–Crippen MR) is 94.8 cm³/mol. The van der Waals surface area contributed by atoms with Crippen LogP contribution in [0.25, 0.3) is 0 Å². The zero-order chi connectivity index (χ0) is 13.7. The quantitative estimate of drug-likeness (QED) is 0.817. The summed E-state index contributed by atoms with van der Waals surface area (Å²) in [5.74, 6) is 1.46. The van der Waals surface area contributed by atoms with Crippen molar-refractivity contribution in [1.29, 1.82) is 0 Å². The van der Waals surface area contributed by atoms with Gasteiger partial charge in [-0.1, -0.05) is 23.2 Å². The van der Waals surface area contributed by atoms with Crippen molar-refractivity contribution in [3.8, 4) is 5.75 Å². The number of ether oxygens (including phenoxy) is 1. The lowest BCUT2D eigenvalue weighted by Gasteiger charge is -2.23. The van der Waals surface area contributed by atoms with Crippen molar-refractivity contribution >= 4 is 48.0 Å². The number of rotatable bonds is 5. The Morgan fingerprint density at radius 2 is 1.90 bits per heavy atom. The van der Waals surface area contributed by atoms with E-state index in [1.54, 1.807) is 13.2 Å². The Balaban J connectivity index is 0.00000200. The van der Waals surface area contributed by atoms with Gasteiger partial charge in [-0.3, -0.25) is 0 Å². The number of methoxy groups -OCH3 is 1. The molecule has 0 atom stereocenters. The Morgan fingerprint density at radius 3 is 2.52 bits per heavy atom. The van der Waals surface area contributed by atoms with Gasteiger partial charge in [0.15, 0.2) is 0 Å². The van der Waals surface area contributed by atoms with E-state index in [1.807, 2.05) is 6.07 Å². The Morgan fingerprint density at radius 1 is 1.24 bits per heavy atom. The van der Waals surface area contributed by atoms with Gasteiger partial charge in [0.2, 0.25) is 0 Å². The molecule has 2 rings (SSSR count). The monoisotopic (exact) mass is 374 g/mol. The maximum Gasteiger partial charge on any atom is 0.142 e. The van der Waals surface area contributed by atoms with Crippen molar-refractivity contribution in [3.05, 3.63) is 27.7 Å². The molecule has 2 N–H and O–H groups in total. The first-order valence-electron chi connectivity index (χ1n) is 6.64. The van der Waals surface area contributed by atoms with Gasteiger partial charge in [0.25, 0.3) is 0 Å². The van der Waals surface area contributed by atoms with E-state index in [1.165, 1.54) is 12.8 Å². The molecule has 3 nitrogen and oxygen atoms in total. The lowest BCUT2D eigenvalue weighted by molar-refractivity contribution is 0.354. The first-order valence-corrected chi connectivity index (χ1v) is 7.39. The van der Waals surface area contributed by atoms with Crippen molar-refractivity contribution in [2.24, 2.45) is 5.92 Å². The van der Waals surface area contributed by atoms with Crippen molar-refractivity contribution in [2.75, 3.05) is 26.7 Å². The third kappa shape index (κ3) is 6.39. The molecule has 1 aliphatic rings. The molecule has 1 aliphatic heterocycles. The van der Waals surface area contributed by atoms with Crippen LogP contribution in [0.2, 0.25) is 10.0 Å². The van der Waals surface area contributed by atoms with Gasteiger partial charge >= 0.3 is 0 Å². The van der Waals surface area contributed by atoms with E-state index in [9.17, 15) is 0 Å². The van der Waals surface area contributed by atoms with Gasteiger partial charge in [-0.25, -0.2) is 0 Å². The second-order valence-corrected chi connectivity index (χ2v) is 5.75. The fourth-order valence-electron chi connectivity index (χ4n) is 2.47. The molecule has 1 fully saturated rings. The summed E-state index contributed by atoms with van der Waals surface area (Å²) in [5, 5.41) is 8.06. The topological polar surface area (TPSA) is 33.3 Å². The zero-order valence-electron chi connectivity index (χ0n) is 12.0. The molecule has 0 aromatic heterocycles. The molecule has 0 amide bonds. The molecule has 122 valence electrons. The predicted octanol–water partition coefficient (Wildman–Crippen LogP) is 3.93. The Kier molecular flexibility index (Phi) is 10.8. The zero-order valence-corrected chi connectivity index (χ0v) is 15.1. The third-order valence-electron chi connectivity index (χ3n) is 3.50. The molecular formula is C14H22Cl4N2O. The number of benzene rings is 1. The van der Waals surface area contributed by atoms with Gasteiger partial charge in [0.1, 0.15) is 5.75 Å². The Bertz CT molecular complexity index is 426. The summed E-state index contributed by atoms with van der Waals surface area (Å²) in [6.45, 7) is 4.00. The van der Waals surface area contributed by atoms with E-state index in [-0.39, 0.29) is 24.8 Å². The summed E-state index contributed by atoms with van der Waals surface area (Å²) in [7, 11) is 1.63. The van der Waals surface area contributed by atoms with Gasteiger partial charge in [-0.2, -0.15) is 0 Å². The minimum atomic E-state index is 0. The van der Waals surface area contributed by atoms with E-state index < -0.39 is 0 Å². The van der Waals surface area contributed by atoms with Crippen LogP contribution < -0.4 is 15.4 Å². The smallest absolute Gasteiger partial charge is 0.142 e. The maximum atomic E-state index is 6.12. The second-order valence-electron chi connectivity index (χ2n) is 4.90. The van der Waals surface area contributed by atoms with E-state index in [0.29, 0.717) is 15.8 Å². The second kappa shape index (κ2) is 10.8. The standard InChI is InChI=1S/C14H20Cl2N2O.2ClH/c1-19-14-11(6-12(15)7-13(14)16)9-18-8-10-2-4-17-5-3-10;;/h6-7,10,17-18H,2-5,8-9H2,1H3;2*1H. The highest BCUT2D eigenvalue weighted by molar-refractivity contribution is 6.35. The highest BCUT2D eigenvalue weighted by atomic mass is 35.5. The Labute approximate surface area is 148 Å². The summed E-state index contributed by atoms with van der Waals surface area (Å²) in [4.78, 5) is 0. The van der Waals surface area contributed by atoms with E-state index >= 15 is 0 Å². The summed E-state index contributed by atoms with van der Waals surface area (Å²) in [5.41, 5.74) is 1.01. The van der Waals surface area contributed by atoms with Gasteiger partial charge in [-0.15, -0.1) is 24.8 Å². The molecule has 1 heterocycles. The lowest BCUT2D eigenvalue weighted by atomic mass is 9.98. The molecule has 0 unspecified atom stereocenters. The third-order valence-corrected chi connectivity index (χ3v) is 4.00. The van der Waals surface area contributed by atoms with E-state index in [0.717, 1.165) is 37.7 Å². The largest absolute Gasteiger partial charge is 0.495 e. The summed E-state index contributed by atoms with van der Waals surface area (Å²) >= 11 is 12.1. The average Bonchev–Trinajstić information content (AvgIpc) is 2.39. The van der Waals surface area contributed by atoms with Gasteiger partial charge in [0.05, 0.1) is 12.1 Å². The molecule has 21 heavy (non-hydrogen) atoms. The number of hydrogen-bond donors (Lipinski definition) is 2. The van der Waals surface area contributed by atoms with E-state index in [4.69, 9.17) is 27.9 Å². The van der Waals surface area contributed by atoms with Gasteiger partial charge in [-0.05, 0) is 50.5 Å². The molecule has 1 aromatic carbocycles. The van der Waals surface area contributed by atoms with E-state index in [2.05, 4.69) is 10.6 Å². The number of halogens is 4. The summed E-state index contributed by atoms with van der Waals surface area (Å²) < 4.78 is 5.33. The summed E-state index contributed by atoms with van der Waals surface area (Å²) in [6, 6.07) is 3.61. The van der Waals surface area contributed by atoms with Crippen LogP contribution in [-0.2, 0) is 6.54 Å². The van der Waals surface area contributed by atoms with Gasteiger partial charge in [0, 0.05) is 17.1 Å². The van der Waals surface area contributed by atoms with Crippen LogP contribution in [-0.4, -0.2) is 26.7 Å². The first kappa shape index (κ1) is 21.1. The van der Waals surface area contributed by atoms with Crippen LogP contribution in [0.3, 0.4) is 0 Å². The number of nitrogens with one attached hydrogen (secondary N) is 2. The van der Waals surface area contributed by atoms with Crippen LogP contribution >= 0.6 is 48.0 Å². The number of piperidine rings is 1. The average molecular weight is 376 g/mol. The normalized spacial score (nSPS) is 15.0. The highest BCUT2D eigenvalue weighted by Gasteiger charge is 2.13. The van der Waals surface area contributed by atoms with Crippen molar-refractivity contribution in [2.45, 2.75) is 19.4 Å². The van der Waals surface area contributed by atoms with Gasteiger partial charge < -0.3 is 15.4 Å². The van der Waals surface area contributed by atoms with Crippen molar-refractivity contribution < 1.29 is 4.74 Å². The summed E-state index contributed by atoms with van der Waals surface area (Å²) in [6.07, 6.45) is 2.47. The molecule has 0 bridgehead atoms. The van der Waals surface area contributed by atoms with Crippen LogP contribution in [0.15, 0.2) is 12.1 Å². The van der Waals surface area contributed by atoms with Crippen LogP contribution in [0, 0.1) is 5.92 Å². The van der Waals surface area contributed by atoms with Crippen molar-refractivity contribution in [3.63, 3.8) is 0 Å². The Hall–Kier alpha value is 0.1000. The first-order chi connectivity index (χ1) is 9.20. The minimum Gasteiger partial charge on any atom is -0.495 e. The molecule has 1 saturated heterocycles. The fourth-order valence-corrected chi connectivity index (χ4v) is 3.08.